The fourth-order valence-electron chi connectivity index (χ4n) is 4.92. The van der Waals surface area contributed by atoms with Gasteiger partial charge in [-0.15, -0.1) is 0 Å². The molecule has 230 valence electrons. The lowest BCUT2D eigenvalue weighted by molar-refractivity contribution is 0.481. The monoisotopic (exact) mass is 652 g/mol. The average molecular weight is 653 g/mol. The summed E-state index contributed by atoms with van der Waals surface area (Å²) in [5, 5.41) is 0. The molecule has 0 amide bonds. The summed E-state index contributed by atoms with van der Waals surface area (Å²) >= 11 is 0. The van der Waals surface area contributed by atoms with Gasteiger partial charge in [-0.05, 0) is 86.6 Å². The molecule has 0 atom stereocenters. The first-order valence-corrected chi connectivity index (χ1v) is 17.0. The van der Waals surface area contributed by atoms with Gasteiger partial charge in [-0.1, -0.05) is 35.4 Å². The first kappa shape index (κ1) is 31.0. The second-order valence-electron chi connectivity index (χ2n) is 10.9. The normalized spacial score (nSPS) is 11.8. The molecular weight excluding hydrogens is 625 g/mol. The summed E-state index contributed by atoms with van der Waals surface area (Å²) in [6.07, 6.45) is 0. The molecule has 0 unspecified atom stereocenters. The van der Waals surface area contributed by atoms with Gasteiger partial charge in [0.25, 0.3) is 20.2 Å². The number of hydrogen-bond acceptors (Lipinski definition) is 4. The van der Waals surface area contributed by atoms with Gasteiger partial charge in [0, 0.05) is 11.1 Å². The fourth-order valence-corrected chi connectivity index (χ4v) is 5.88. The van der Waals surface area contributed by atoms with E-state index in [1.807, 2.05) is 86.6 Å². The lowest BCUT2D eigenvalue weighted by atomic mass is 9.99. The maximum absolute atomic E-state index is 11.7. The topological polar surface area (TPSA) is 131 Å². The van der Waals surface area contributed by atoms with Crippen LogP contribution in [0.15, 0.2) is 140 Å². The van der Waals surface area contributed by atoms with Gasteiger partial charge in [0.2, 0.25) is 0 Å². The van der Waals surface area contributed by atoms with Crippen molar-refractivity contribution in [1.29, 1.82) is 0 Å². The predicted molar refractivity (Wildman–Crippen MR) is 176 cm³/mol. The number of hydrogen-bond donors (Lipinski definition) is 2. The zero-order valence-corrected chi connectivity index (χ0v) is 26.3. The van der Waals surface area contributed by atoms with Gasteiger partial charge < -0.3 is 0 Å². The van der Waals surface area contributed by atoms with E-state index in [2.05, 4.69) is 0 Å². The maximum Gasteiger partial charge on any atom is 0.361 e. The van der Waals surface area contributed by atoms with Crippen LogP contribution in [0.3, 0.4) is 0 Å². The molecule has 0 saturated carbocycles. The molecule has 2 heterocycles. The first-order valence-electron chi connectivity index (χ1n) is 14.1. The first-order chi connectivity index (χ1) is 21.8. The molecule has 0 radical (unpaired) electrons. The molecule has 0 aliphatic carbocycles. The molecule has 0 aliphatic rings. The minimum absolute atomic E-state index is 0.233. The second-order valence-corrected chi connectivity index (χ2v) is 13.7. The van der Waals surface area contributed by atoms with E-state index >= 15 is 0 Å². The molecule has 2 aromatic heterocycles. The van der Waals surface area contributed by atoms with Crippen LogP contribution in [0.25, 0.3) is 56.4 Å². The Balaban J connectivity index is 1.56. The van der Waals surface area contributed by atoms with E-state index in [1.54, 1.807) is 24.3 Å². The Hall–Kier alpha value is -5.00. The molecule has 2 N–H and O–H groups in total. The van der Waals surface area contributed by atoms with E-state index in [-0.39, 0.29) is 9.79 Å². The van der Waals surface area contributed by atoms with Crippen molar-refractivity contribution in [2.45, 2.75) is 23.6 Å². The van der Waals surface area contributed by atoms with Crippen LogP contribution in [-0.2, 0) is 20.2 Å². The highest BCUT2D eigenvalue weighted by Crippen LogP contribution is 2.37. The lowest BCUT2D eigenvalue weighted by Gasteiger charge is -2.04. The summed E-state index contributed by atoms with van der Waals surface area (Å²) < 4.78 is 78.2. The third-order valence-corrected chi connectivity index (χ3v) is 9.20. The SMILES string of the molecule is Cc1ccc(-c2cc(-c3cc(-c4ccc(C)cc4)[o+]c(-c4ccc(S(=O)(=O)O)cc4)c3)cc(-c3ccc(S(=O)(=O)O)cc3)[o+]2)cc1. The second kappa shape index (κ2) is 12.1. The van der Waals surface area contributed by atoms with Crippen LogP contribution in [0.1, 0.15) is 11.1 Å². The van der Waals surface area contributed by atoms with Crippen molar-refractivity contribution in [3.8, 4) is 56.4 Å². The Morgan fingerprint density at radius 3 is 0.870 bits per heavy atom. The highest BCUT2D eigenvalue weighted by atomic mass is 32.2. The summed E-state index contributed by atoms with van der Waals surface area (Å²) in [5.74, 6) is 2.02. The molecule has 8 nitrogen and oxygen atoms in total. The quantitative estimate of drug-likeness (QED) is 0.129. The molecule has 10 heteroatoms. The highest BCUT2D eigenvalue weighted by molar-refractivity contribution is 7.86. The summed E-state index contributed by atoms with van der Waals surface area (Å²) in [7, 11) is -8.74. The van der Waals surface area contributed by atoms with Crippen molar-refractivity contribution < 1.29 is 34.8 Å². The molecule has 6 rings (SSSR count). The molecule has 4 aromatic carbocycles. The predicted octanol–water partition coefficient (Wildman–Crippen LogP) is 8.88. The molecular formula is C36H28O8S2+2. The van der Waals surface area contributed by atoms with E-state index in [9.17, 15) is 25.9 Å². The van der Waals surface area contributed by atoms with Crippen molar-refractivity contribution in [2.24, 2.45) is 0 Å². The molecule has 0 aliphatic heterocycles. The van der Waals surface area contributed by atoms with Crippen LogP contribution >= 0.6 is 0 Å². The van der Waals surface area contributed by atoms with Crippen molar-refractivity contribution in [2.75, 3.05) is 0 Å². The van der Waals surface area contributed by atoms with E-state index in [0.29, 0.717) is 34.2 Å². The largest absolute Gasteiger partial charge is 0.361 e. The van der Waals surface area contributed by atoms with Crippen LogP contribution in [0, 0.1) is 13.8 Å². The Labute approximate surface area is 266 Å². The summed E-state index contributed by atoms with van der Waals surface area (Å²) in [6, 6.07) is 34.6. The van der Waals surface area contributed by atoms with Crippen LogP contribution < -0.4 is 0 Å². The minimum atomic E-state index is -4.37. The maximum atomic E-state index is 11.7. The summed E-state index contributed by atoms with van der Waals surface area (Å²) in [6.45, 7) is 3.98. The zero-order chi connectivity index (χ0) is 32.6. The van der Waals surface area contributed by atoms with Crippen LogP contribution in [0.4, 0.5) is 0 Å². The summed E-state index contributed by atoms with van der Waals surface area (Å²) in [4.78, 5) is -0.466. The van der Waals surface area contributed by atoms with Crippen molar-refractivity contribution in [3.63, 3.8) is 0 Å². The molecule has 0 bridgehead atoms. The van der Waals surface area contributed by atoms with Crippen molar-refractivity contribution in [3.05, 3.63) is 132 Å². The molecule has 46 heavy (non-hydrogen) atoms. The van der Waals surface area contributed by atoms with Gasteiger partial charge in [-0.3, -0.25) is 9.11 Å². The average Bonchev–Trinajstić information content (AvgIpc) is 3.04. The van der Waals surface area contributed by atoms with Crippen LogP contribution in [0.5, 0.6) is 0 Å². The zero-order valence-electron chi connectivity index (χ0n) is 24.7. The van der Waals surface area contributed by atoms with Gasteiger partial charge in [0.15, 0.2) is 0 Å². The van der Waals surface area contributed by atoms with Gasteiger partial charge in [0.05, 0.1) is 56.3 Å². The van der Waals surface area contributed by atoms with Crippen LogP contribution in [0.2, 0.25) is 0 Å². The highest BCUT2D eigenvalue weighted by Gasteiger charge is 2.26. The van der Waals surface area contributed by atoms with E-state index in [1.165, 1.54) is 24.3 Å². The lowest BCUT2D eigenvalue weighted by Crippen LogP contribution is -1.97. The van der Waals surface area contributed by atoms with E-state index in [4.69, 9.17) is 8.83 Å². The Bertz CT molecular complexity index is 2110. The number of aryl methyl sites for hydroxylation is 2. The molecule has 0 saturated heterocycles. The Morgan fingerprint density at radius 1 is 0.391 bits per heavy atom. The third-order valence-electron chi connectivity index (χ3n) is 7.47. The fraction of sp³-hybridized carbons (Fsp3) is 0.0556. The molecule has 0 fully saturated rings. The van der Waals surface area contributed by atoms with Gasteiger partial charge in [-0.25, -0.2) is 8.83 Å². The summed E-state index contributed by atoms with van der Waals surface area (Å²) in [5.41, 5.74) is 6.50. The van der Waals surface area contributed by atoms with Gasteiger partial charge in [0.1, 0.15) is 0 Å². The van der Waals surface area contributed by atoms with E-state index in [0.717, 1.165) is 33.4 Å². The smallest absolute Gasteiger partial charge is 0.282 e. The van der Waals surface area contributed by atoms with Crippen LogP contribution in [-0.4, -0.2) is 25.9 Å². The Morgan fingerprint density at radius 2 is 0.630 bits per heavy atom. The molecule has 6 aromatic rings. The molecule has 0 spiro atoms. The number of benzene rings is 4. The standard InChI is InChI=1S/C36H26O8S2/c1-23-3-7-25(8-4-23)33-19-29(21-35(43-33)27-11-15-31(16-12-27)45(37,38)39)30-20-34(26-9-5-24(2)6-10-26)44-36(22-30)28-13-17-32(18-14-28)46(40,41)42/h3-22H,1-2H3/p+2. The number of rotatable bonds is 7. The minimum Gasteiger partial charge on any atom is -0.282 e. The third kappa shape index (κ3) is 6.80. The van der Waals surface area contributed by atoms with Crippen molar-refractivity contribution >= 4 is 20.2 Å². The Kier molecular flexibility index (Phi) is 8.13. The van der Waals surface area contributed by atoms with Gasteiger partial charge >= 0.3 is 23.0 Å². The van der Waals surface area contributed by atoms with Crippen molar-refractivity contribution in [1.82, 2.24) is 0 Å². The van der Waals surface area contributed by atoms with E-state index < -0.39 is 20.2 Å². The van der Waals surface area contributed by atoms with Gasteiger partial charge in [-0.2, -0.15) is 16.8 Å².